The van der Waals surface area contributed by atoms with Gasteiger partial charge in [0.05, 0.1) is 27.3 Å². The highest BCUT2D eigenvalue weighted by molar-refractivity contribution is 6.09. The maximum absolute atomic E-state index is 14.5. The molecular formula is C37H30F3N7O5. The maximum atomic E-state index is 14.5. The second kappa shape index (κ2) is 13.1. The Hall–Kier alpha value is -6.25. The largest absolute Gasteiger partial charge is 0.433 e. The van der Waals surface area contributed by atoms with Gasteiger partial charge >= 0.3 is 6.18 Å². The van der Waals surface area contributed by atoms with Crippen molar-refractivity contribution in [1.82, 2.24) is 19.6 Å². The number of amides is 1. The summed E-state index contributed by atoms with van der Waals surface area (Å²) in [5.74, 6) is -1.05. The lowest BCUT2D eigenvalue weighted by atomic mass is 9.77. The SMILES string of the molecule is CC(C)c1ccc(-c2cc(C(F)(F)F)n3nc(C(=O)N4N=C5/C(=C\c6cccc([N+](=O)[O-])c6)CCC[C@@H]5[C@@H]4c4cccc([N+](=O)[O-])c4)cc3n2)cc1. The van der Waals surface area contributed by atoms with Gasteiger partial charge in [0.2, 0.25) is 0 Å². The van der Waals surface area contributed by atoms with Gasteiger partial charge in [-0.15, -0.1) is 0 Å². The lowest BCUT2D eigenvalue weighted by Crippen LogP contribution is -2.32. The maximum Gasteiger partial charge on any atom is 0.433 e. The predicted octanol–water partition coefficient (Wildman–Crippen LogP) is 8.79. The van der Waals surface area contributed by atoms with Crippen LogP contribution in [-0.4, -0.2) is 41.1 Å². The Morgan fingerprint density at radius 3 is 2.31 bits per heavy atom. The molecule has 2 aliphatic rings. The molecule has 0 radical (unpaired) electrons. The molecule has 3 aromatic carbocycles. The van der Waals surface area contributed by atoms with Crippen LogP contribution in [0.25, 0.3) is 23.0 Å². The Morgan fingerprint density at radius 1 is 0.942 bits per heavy atom. The number of non-ortho nitro benzene ring substituents is 2. The number of carbonyl (C=O) groups excluding carboxylic acids is 1. The molecule has 52 heavy (non-hydrogen) atoms. The van der Waals surface area contributed by atoms with Gasteiger partial charge in [0.1, 0.15) is 0 Å². The van der Waals surface area contributed by atoms with Crippen LogP contribution in [0.5, 0.6) is 0 Å². The van der Waals surface area contributed by atoms with Crippen molar-refractivity contribution in [3.8, 4) is 11.3 Å². The molecule has 3 heterocycles. The normalized spacial score (nSPS) is 18.2. The molecule has 0 unspecified atom stereocenters. The van der Waals surface area contributed by atoms with Crippen LogP contribution < -0.4 is 0 Å². The molecule has 2 atom stereocenters. The first-order valence-electron chi connectivity index (χ1n) is 16.5. The van der Waals surface area contributed by atoms with Crippen LogP contribution in [0.1, 0.15) is 77.9 Å². The van der Waals surface area contributed by atoms with E-state index in [0.717, 1.165) is 16.6 Å². The van der Waals surface area contributed by atoms with Gasteiger partial charge in [0.25, 0.3) is 17.3 Å². The van der Waals surface area contributed by atoms with Crippen LogP contribution in [0.4, 0.5) is 24.5 Å². The van der Waals surface area contributed by atoms with E-state index in [4.69, 9.17) is 5.10 Å². The summed E-state index contributed by atoms with van der Waals surface area (Å²) in [5, 5.41) is 33.1. The zero-order valence-corrected chi connectivity index (χ0v) is 27.8. The molecule has 1 saturated carbocycles. The number of alkyl halides is 3. The van der Waals surface area contributed by atoms with Gasteiger partial charge in [-0.1, -0.05) is 62.4 Å². The number of benzene rings is 3. The second-order valence-corrected chi connectivity index (χ2v) is 13.1. The van der Waals surface area contributed by atoms with Crippen molar-refractivity contribution < 1.29 is 27.8 Å². The highest BCUT2D eigenvalue weighted by Crippen LogP contribution is 2.45. The number of fused-ring (bicyclic) bond motifs is 2. The molecular weight excluding hydrogens is 679 g/mol. The van der Waals surface area contributed by atoms with E-state index in [9.17, 15) is 38.2 Å². The Balaban J connectivity index is 1.34. The lowest BCUT2D eigenvalue weighted by Gasteiger charge is -2.29. The predicted molar refractivity (Wildman–Crippen MR) is 185 cm³/mol. The zero-order valence-electron chi connectivity index (χ0n) is 27.8. The second-order valence-electron chi connectivity index (χ2n) is 13.1. The van der Waals surface area contributed by atoms with E-state index in [2.05, 4.69) is 10.1 Å². The zero-order chi connectivity index (χ0) is 36.9. The molecule has 0 saturated heterocycles. The fourth-order valence-electron chi connectivity index (χ4n) is 6.84. The number of halogens is 3. The fraction of sp³-hybridized carbons (Fsp3) is 0.243. The summed E-state index contributed by atoms with van der Waals surface area (Å²) in [7, 11) is 0. The monoisotopic (exact) mass is 709 g/mol. The molecule has 1 aliphatic heterocycles. The molecule has 12 nitrogen and oxygen atoms in total. The van der Waals surface area contributed by atoms with Crippen LogP contribution in [0.3, 0.4) is 0 Å². The number of aromatic nitrogens is 3. The first-order valence-corrected chi connectivity index (χ1v) is 16.5. The van der Waals surface area contributed by atoms with E-state index in [0.29, 0.717) is 51.8 Å². The van der Waals surface area contributed by atoms with Crippen molar-refractivity contribution >= 4 is 34.7 Å². The van der Waals surface area contributed by atoms with Gasteiger partial charge in [-0.2, -0.15) is 23.4 Å². The average Bonchev–Trinajstić information content (AvgIpc) is 3.73. The molecule has 1 aliphatic carbocycles. The van der Waals surface area contributed by atoms with E-state index in [1.165, 1.54) is 36.4 Å². The number of hydrogen-bond donors (Lipinski definition) is 0. The number of hydrogen-bond acceptors (Lipinski definition) is 8. The molecule has 0 N–H and O–H groups in total. The Bertz CT molecular complexity index is 2310. The molecule has 5 aromatic rings. The first kappa shape index (κ1) is 34.2. The van der Waals surface area contributed by atoms with Crippen LogP contribution in [0.15, 0.2) is 95.6 Å². The minimum Gasteiger partial charge on any atom is -0.265 e. The minimum absolute atomic E-state index is 0.0480. The van der Waals surface area contributed by atoms with Crippen LogP contribution in [0, 0.1) is 26.1 Å². The van der Waals surface area contributed by atoms with Gasteiger partial charge in [-0.25, -0.2) is 14.5 Å². The highest BCUT2D eigenvalue weighted by atomic mass is 19.4. The van der Waals surface area contributed by atoms with E-state index in [-0.39, 0.29) is 34.3 Å². The van der Waals surface area contributed by atoms with Gasteiger partial charge < -0.3 is 0 Å². The quantitative estimate of drug-likeness (QED) is 0.121. The lowest BCUT2D eigenvalue weighted by molar-refractivity contribution is -0.385. The fourth-order valence-corrected chi connectivity index (χ4v) is 6.84. The summed E-state index contributed by atoms with van der Waals surface area (Å²) < 4.78 is 44.0. The number of nitro benzene ring substituents is 2. The van der Waals surface area contributed by atoms with E-state index < -0.39 is 39.6 Å². The van der Waals surface area contributed by atoms with Crippen molar-refractivity contribution in [3.05, 3.63) is 139 Å². The van der Waals surface area contributed by atoms with Crippen LogP contribution in [-0.2, 0) is 6.18 Å². The number of rotatable bonds is 7. The molecule has 264 valence electrons. The molecule has 0 bridgehead atoms. The standard InChI is InChI=1S/C37H30F3N7O5/c1-21(2)23-12-14-24(15-13-23)30-19-32(37(38,39)40)44-33(41-30)20-31(42-44)36(48)45-35(26-8-4-10-28(18-26)47(51)52)29-11-5-7-25(34(29)43-45)16-22-6-3-9-27(17-22)46(49)50/h3-4,6,8-10,12-21,29,35H,5,7,11H2,1-2H3/b25-16-/t29-,35-/m0/s1. The topological polar surface area (TPSA) is 149 Å². The molecule has 7 rings (SSSR count). The van der Waals surface area contributed by atoms with E-state index >= 15 is 0 Å². The molecule has 15 heteroatoms. The van der Waals surface area contributed by atoms with Crippen LogP contribution in [0.2, 0.25) is 0 Å². The minimum atomic E-state index is -4.85. The van der Waals surface area contributed by atoms with Crippen molar-refractivity contribution in [2.24, 2.45) is 11.0 Å². The summed E-state index contributed by atoms with van der Waals surface area (Å²) in [5.41, 5.74) is 1.69. The third-order valence-corrected chi connectivity index (χ3v) is 9.36. The Morgan fingerprint density at radius 2 is 1.63 bits per heavy atom. The van der Waals surface area contributed by atoms with Gasteiger partial charge in [0.15, 0.2) is 17.0 Å². The molecule has 0 spiro atoms. The van der Waals surface area contributed by atoms with Gasteiger partial charge in [-0.3, -0.25) is 25.0 Å². The smallest absolute Gasteiger partial charge is 0.265 e. The number of hydrazone groups is 1. The number of nitro groups is 2. The Labute approximate surface area is 294 Å². The van der Waals surface area contributed by atoms with E-state index in [1.54, 1.807) is 36.4 Å². The van der Waals surface area contributed by atoms with Crippen LogP contribution >= 0.6 is 0 Å². The van der Waals surface area contributed by atoms with Gasteiger partial charge in [-0.05, 0) is 59.6 Å². The number of allylic oxidation sites excluding steroid dienone is 1. The number of nitrogens with zero attached hydrogens (tertiary/aromatic N) is 7. The first-order chi connectivity index (χ1) is 24.8. The summed E-state index contributed by atoms with van der Waals surface area (Å²) in [6.45, 7) is 4.01. The van der Waals surface area contributed by atoms with Crippen molar-refractivity contribution in [1.29, 1.82) is 0 Å². The molecule has 1 amide bonds. The summed E-state index contributed by atoms with van der Waals surface area (Å²) in [6, 6.07) is 20.1. The third-order valence-electron chi connectivity index (χ3n) is 9.36. The Kier molecular flexibility index (Phi) is 8.64. The van der Waals surface area contributed by atoms with Crippen molar-refractivity contribution in [2.75, 3.05) is 0 Å². The summed E-state index contributed by atoms with van der Waals surface area (Å²) >= 11 is 0. The molecule has 2 aromatic heterocycles. The van der Waals surface area contributed by atoms with Crippen molar-refractivity contribution in [3.63, 3.8) is 0 Å². The average molecular weight is 710 g/mol. The third kappa shape index (κ3) is 6.40. The van der Waals surface area contributed by atoms with Crippen molar-refractivity contribution in [2.45, 2.75) is 51.2 Å². The summed E-state index contributed by atoms with van der Waals surface area (Å²) in [4.78, 5) is 40.9. The van der Waals surface area contributed by atoms with Gasteiger partial charge in [0, 0.05) is 41.8 Å². The highest BCUT2D eigenvalue weighted by Gasteiger charge is 2.45. The number of carbonyl (C=O) groups is 1. The molecule has 1 fully saturated rings. The summed E-state index contributed by atoms with van der Waals surface area (Å²) in [6.07, 6.45) is -1.34. The van der Waals surface area contributed by atoms with E-state index in [1.807, 2.05) is 26.0 Å².